The van der Waals surface area contributed by atoms with Crippen molar-refractivity contribution in [1.29, 1.82) is 0 Å². The number of fused-ring (bicyclic) bond motifs is 1. The van der Waals surface area contributed by atoms with Gasteiger partial charge in [0.1, 0.15) is 17.8 Å². The molecule has 0 aliphatic carbocycles. The summed E-state index contributed by atoms with van der Waals surface area (Å²) in [6, 6.07) is 18.0. The minimum absolute atomic E-state index is 0.0677. The number of thiophene rings is 1. The van der Waals surface area contributed by atoms with Gasteiger partial charge in [0.05, 0.1) is 16.8 Å². The van der Waals surface area contributed by atoms with Crippen molar-refractivity contribution < 1.29 is 24.2 Å². The van der Waals surface area contributed by atoms with Crippen LogP contribution in [0.4, 0.5) is 10.5 Å². The number of amides is 1. The predicted octanol–water partition coefficient (Wildman–Crippen LogP) is 5.74. The Kier molecular flexibility index (Phi) is 7.12. The molecule has 0 saturated heterocycles. The van der Waals surface area contributed by atoms with Crippen LogP contribution in [-0.2, 0) is 17.9 Å². The van der Waals surface area contributed by atoms with Gasteiger partial charge in [-0.05, 0) is 55.5 Å². The van der Waals surface area contributed by atoms with E-state index in [0.717, 1.165) is 11.1 Å². The monoisotopic (exact) mass is 506 g/mol. The molecule has 2 aromatic heterocycles. The van der Waals surface area contributed by atoms with Gasteiger partial charge in [0, 0.05) is 5.69 Å². The fourth-order valence-corrected chi connectivity index (χ4v) is 4.59. The molecule has 0 saturated carbocycles. The first-order chi connectivity index (χ1) is 17.1. The average Bonchev–Trinajstić information content (AvgIpc) is 3.29. The number of aromatic carboxylic acids is 1. The van der Waals surface area contributed by atoms with Gasteiger partial charge in [-0.25, -0.2) is 9.59 Å². The molecule has 186 valence electrons. The van der Waals surface area contributed by atoms with E-state index in [-0.39, 0.29) is 24.5 Å². The molecule has 0 unspecified atom stereocenters. The molecule has 2 aromatic carbocycles. The zero-order chi connectivity index (χ0) is 25.9. The number of rotatable bonds is 7. The third-order valence-corrected chi connectivity index (χ3v) is 6.13. The van der Waals surface area contributed by atoms with Gasteiger partial charge < -0.3 is 14.6 Å². The number of aromatic nitrogens is 1. The van der Waals surface area contributed by atoms with Crippen LogP contribution in [0, 0.1) is 0 Å². The van der Waals surface area contributed by atoms with Crippen LogP contribution < -0.4 is 15.6 Å². The maximum Gasteiger partial charge on any atom is 0.412 e. The molecule has 0 spiro atoms. The standard InChI is InChI=1S/C27H26N2O6S/c1-27(2,3)35-26(33)28-19-11-9-17(10-12-19)15-29-20-13-14-36-23(20)21(25(31)32)22(24(29)30)34-16-18-7-5-4-6-8-18/h4-14H,15-16H2,1-3H3,(H,28,33)(H,31,32). The lowest BCUT2D eigenvalue weighted by Crippen LogP contribution is -2.27. The van der Waals surface area contributed by atoms with Gasteiger partial charge in [-0.2, -0.15) is 0 Å². The number of hydrogen-bond donors (Lipinski definition) is 2. The number of carbonyl (C=O) groups is 2. The summed E-state index contributed by atoms with van der Waals surface area (Å²) < 4.78 is 13.0. The summed E-state index contributed by atoms with van der Waals surface area (Å²) in [4.78, 5) is 37.6. The SMILES string of the molecule is CC(C)(C)OC(=O)Nc1ccc(Cn2c(=O)c(OCc3ccccc3)c(C(=O)O)c3sccc32)cc1. The highest BCUT2D eigenvalue weighted by Gasteiger charge is 2.24. The summed E-state index contributed by atoms with van der Waals surface area (Å²) in [5, 5.41) is 14.3. The lowest BCUT2D eigenvalue weighted by molar-refractivity contribution is 0.0634. The number of ether oxygens (including phenoxy) is 2. The average molecular weight is 507 g/mol. The summed E-state index contributed by atoms with van der Waals surface area (Å²) in [6.07, 6.45) is -0.559. The molecule has 2 N–H and O–H groups in total. The molecule has 0 radical (unpaired) electrons. The number of nitrogens with zero attached hydrogens (tertiary/aromatic N) is 1. The van der Waals surface area contributed by atoms with Gasteiger partial charge in [-0.15, -0.1) is 11.3 Å². The van der Waals surface area contributed by atoms with Crippen LogP contribution in [0.25, 0.3) is 10.2 Å². The second kappa shape index (κ2) is 10.2. The Labute approximate surface area is 211 Å². The van der Waals surface area contributed by atoms with Crippen molar-refractivity contribution >= 4 is 39.3 Å². The quantitative estimate of drug-likeness (QED) is 0.331. The summed E-state index contributed by atoms with van der Waals surface area (Å²) in [5.41, 5.74) is 1.41. The van der Waals surface area contributed by atoms with E-state index in [9.17, 15) is 19.5 Å². The van der Waals surface area contributed by atoms with Crippen molar-refractivity contribution in [3.8, 4) is 5.75 Å². The normalized spacial score (nSPS) is 11.3. The maximum absolute atomic E-state index is 13.5. The van der Waals surface area contributed by atoms with Crippen molar-refractivity contribution in [2.45, 2.75) is 39.5 Å². The molecule has 0 aliphatic rings. The highest BCUT2D eigenvalue weighted by atomic mass is 32.1. The van der Waals surface area contributed by atoms with E-state index >= 15 is 0 Å². The third kappa shape index (κ3) is 5.75. The molecule has 9 heteroatoms. The molecule has 0 bridgehead atoms. The Morgan fingerprint density at radius 1 is 1.00 bits per heavy atom. The fourth-order valence-electron chi connectivity index (χ4n) is 3.66. The molecular formula is C27H26N2O6S. The lowest BCUT2D eigenvalue weighted by Gasteiger charge is -2.19. The Bertz CT molecular complexity index is 1450. The first-order valence-corrected chi connectivity index (χ1v) is 12.1. The van der Waals surface area contributed by atoms with Crippen molar-refractivity contribution in [3.63, 3.8) is 0 Å². The summed E-state index contributed by atoms with van der Waals surface area (Å²) in [7, 11) is 0. The van der Waals surface area contributed by atoms with Gasteiger partial charge in [-0.3, -0.25) is 14.7 Å². The maximum atomic E-state index is 13.5. The van der Waals surface area contributed by atoms with Gasteiger partial charge in [0.15, 0.2) is 0 Å². The second-order valence-corrected chi connectivity index (χ2v) is 10.0. The van der Waals surface area contributed by atoms with Crippen molar-refractivity contribution in [2.24, 2.45) is 0 Å². The van der Waals surface area contributed by atoms with E-state index in [4.69, 9.17) is 9.47 Å². The van der Waals surface area contributed by atoms with Crippen LogP contribution in [-0.4, -0.2) is 27.3 Å². The highest BCUT2D eigenvalue weighted by Crippen LogP contribution is 2.30. The van der Waals surface area contributed by atoms with Crippen LogP contribution in [0.5, 0.6) is 5.75 Å². The van der Waals surface area contributed by atoms with E-state index in [1.165, 1.54) is 15.9 Å². The molecule has 8 nitrogen and oxygen atoms in total. The molecule has 2 heterocycles. The number of hydrogen-bond acceptors (Lipinski definition) is 6. The van der Waals surface area contributed by atoms with Gasteiger partial charge >= 0.3 is 12.1 Å². The molecule has 4 aromatic rings. The zero-order valence-corrected chi connectivity index (χ0v) is 20.9. The Morgan fingerprint density at radius 3 is 2.33 bits per heavy atom. The molecular weight excluding hydrogens is 480 g/mol. The Morgan fingerprint density at radius 2 is 1.69 bits per heavy atom. The molecule has 0 atom stereocenters. The van der Waals surface area contributed by atoms with Crippen LogP contribution in [0.1, 0.15) is 42.3 Å². The van der Waals surface area contributed by atoms with E-state index in [0.29, 0.717) is 15.9 Å². The van der Waals surface area contributed by atoms with Gasteiger partial charge in [-0.1, -0.05) is 42.5 Å². The summed E-state index contributed by atoms with van der Waals surface area (Å²) in [6.45, 7) is 5.61. The van der Waals surface area contributed by atoms with Crippen LogP contribution in [0.3, 0.4) is 0 Å². The van der Waals surface area contributed by atoms with E-state index in [1.54, 1.807) is 56.5 Å². The van der Waals surface area contributed by atoms with E-state index < -0.39 is 23.2 Å². The van der Waals surface area contributed by atoms with E-state index in [2.05, 4.69) is 5.32 Å². The second-order valence-electron chi connectivity index (χ2n) is 9.13. The van der Waals surface area contributed by atoms with Crippen LogP contribution in [0.15, 0.2) is 70.8 Å². The number of benzene rings is 2. The summed E-state index contributed by atoms with van der Waals surface area (Å²) >= 11 is 1.24. The van der Waals surface area contributed by atoms with Crippen molar-refractivity contribution in [3.05, 3.63) is 93.1 Å². The zero-order valence-electron chi connectivity index (χ0n) is 20.1. The molecule has 0 aliphatic heterocycles. The predicted molar refractivity (Wildman–Crippen MR) is 139 cm³/mol. The molecule has 0 fully saturated rings. The number of carboxylic acids is 1. The van der Waals surface area contributed by atoms with Gasteiger partial charge in [0.2, 0.25) is 5.75 Å². The van der Waals surface area contributed by atoms with Gasteiger partial charge in [0.25, 0.3) is 5.56 Å². The Balaban J connectivity index is 1.64. The largest absolute Gasteiger partial charge is 0.482 e. The lowest BCUT2D eigenvalue weighted by atomic mass is 10.1. The number of nitrogens with one attached hydrogen (secondary N) is 1. The van der Waals surface area contributed by atoms with Crippen LogP contribution in [0.2, 0.25) is 0 Å². The first-order valence-electron chi connectivity index (χ1n) is 11.3. The minimum Gasteiger partial charge on any atom is -0.482 e. The topological polar surface area (TPSA) is 107 Å². The fraction of sp³-hybridized carbons (Fsp3) is 0.222. The van der Waals surface area contributed by atoms with E-state index in [1.807, 2.05) is 30.3 Å². The minimum atomic E-state index is -1.22. The van der Waals surface area contributed by atoms with Crippen molar-refractivity contribution in [2.75, 3.05) is 5.32 Å². The summed E-state index contributed by atoms with van der Waals surface area (Å²) in [5.74, 6) is -1.41. The number of carbonyl (C=O) groups excluding carboxylic acids is 1. The third-order valence-electron chi connectivity index (χ3n) is 5.21. The number of carboxylic acid groups (broad SMARTS) is 1. The first kappa shape index (κ1) is 25.0. The van der Waals surface area contributed by atoms with Crippen molar-refractivity contribution in [1.82, 2.24) is 4.57 Å². The molecule has 36 heavy (non-hydrogen) atoms. The number of anilines is 1. The van der Waals surface area contributed by atoms with Crippen LogP contribution >= 0.6 is 11.3 Å². The molecule has 1 amide bonds. The number of pyridine rings is 1. The smallest absolute Gasteiger partial charge is 0.412 e. The highest BCUT2D eigenvalue weighted by molar-refractivity contribution is 7.17. The Hall–Kier alpha value is -4.11. The molecule has 4 rings (SSSR count).